The second kappa shape index (κ2) is 6.62. The maximum Gasteiger partial charge on any atom is 0.238 e. The topological polar surface area (TPSA) is 77.2 Å². The van der Waals surface area contributed by atoms with Crippen molar-refractivity contribution in [1.29, 1.82) is 0 Å². The molecule has 2 aromatic rings. The molecule has 4 nitrogen and oxygen atoms in total. The minimum atomic E-state index is -3.73. The monoisotopic (exact) mass is 355 g/mol. The standard InChI is InChI=1S/C15H11Cl2NO3S/c16-12-2-1-3-13(17)15(12)14(19)9-6-10-4-7-11(8-5-10)22(18,20)21/h1-9H,(H2,18,20,21)/b9-6+. The van der Waals surface area contributed by atoms with Crippen LogP contribution >= 0.6 is 23.2 Å². The average molecular weight is 356 g/mol. The number of halogens is 2. The van der Waals surface area contributed by atoms with Gasteiger partial charge in [0, 0.05) is 0 Å². The van der Waals surface area contributed by atoms with Crippen LogP contribution in [-0.2, 0) is 10.0 Å². The lowest BCUT2D eigenvalue weighted by Crippen LogP contribution is -2.11. The summed E-state index contributed by atoms with van der Waals surface area (Å²) in [6.45, 7) is 0. The lowest BCUT2D eigenvalue weighted by atomic mass is 10.1. The number of hydrogen-bond donors (Lipinski definition) is 1. The number of carbonyl (C=O) groups excluding carboxylic acids is 1. The molecule has 2 N–H and O–H groups in total. The summed E-state index contributed by atoms with van der Waals surface area (Å²) < 4.78 is 22.3. The van der Waals surface area contributed by atoms with E-state index < -0.39 is 10.0 Å². The molecule has 0 aromatic heterocycles. The minimum absolute atomic E-state index is 0.00475. The lowest BCUT2D eigenvalue weighted by Gasteiger charge is -2.02. The van der Waals surface area contributed by atoms with Gasteiger partial charge in [-0.3, -0.25) is 4.79 Å². The molecule has 0 saturated heterocycles. The van der Waals surface area contributed by atoms with Crippen molar-refractivity contribution in [2.75, 3.05) is 0 Å². The Morgan fingerprint density at radius 1 is 1.00 bits per heavy atom. The van der Waals surface area contributed by atoms with E-state index in [4.69, 9.17) is 28.3 Å². The number of primary sulfonamides is 1. The summed E-state index contributed by atoms with van der Waals surface area (Å²) in [6, 6.07) is 10.6. The third-order valence-electron chi connectivity index (χ3n) is 2.84. The largest absolute Gasteiger partial charge is 0.289 e. The molecule has 7 heteroatoms. The molecule has 0 atom stereocenters. The van der Waals surface area contributed by atoms with E-state index in [0.29, 0.717) is 5.56 Å². The Kier molecular flexibility index (Phi) is 5.03. The summed E-state index contributed by atoms with van der Waals surface area (Å²) in [7, 11) is -3.73. The van der Waals surface area contributed by atoms with Crippen LogP contribution in [0.4, 0.5) is 0 Å². The molecule has 0 aliphatic rings. The first-order chi connectivity index (χ1) is 10.3. The van der Waals surface area contributed by atoms with Crippen LogP contribution in [0.2, 0.25) is 10.0 Å². The van der Waals surface area contributed by atoms with Gasteiger partial charge in [0.2, 0.25) is 10.0 Å². The number of carbonyl (C=O) groups is 1. The predicted molar refractivity (Wildman–Crippen MR) is 87.6 cm³/mol. The molecule has 114 valence electrons. The zero-order valence-electron chi connectivity index (χ0n) is 11.2. The maximum absolute atomic E-state index is 12.1. The molecule has 0 aliphatic carbocycles. The van der Waals surface area contributed by atoms with Crippen molar-refractivity contribution in [3.8, 4) is 0 Å². The first-order valence-corrected chi connectivity index (χ1v) is 8.38. The Morgan fingerprint density at radius 3 is 2.05 bits per heavy atom. The summed E-state index contributed by atoms with van der Waals surface area (Å²) in [5, 5.41) is 5.55. The van der Waals surface area contributed by atoms with Gasteiger partial charge in [0.05, 0.1) is 20.5 Å². The number of nitrogens with two attached hydrogens (primary N) is 1. The Labute approximate surface area is 138 Å². The third kappa shape index (κ3) is 3.96. The summed E-state index contributed by atoms with van der Waals surface area (Å²) in [4.78, 5) is 12.1. The minimum Gasteiger partial charge on any atom is -0.289 e. The highest BCUT2D eigenvalue weighted by Gasteiger charge is 2.11. The summed E-state index contributed by atoms with van der Waals surface area (Å²) >= 11 is 11.9. The number of sulfonamides is 1. The molecule has 0 fully saturated rings. The van der Waals surface area contributed by atoms with Crippen LogP contribution in [0.5, 0.6) is 0 Å². The second-order valence-electron chi connectivity index (χ2n) is 4.41. The molecule has 0 radical (unpaired) electrons. The summed E-state index contributed by atoms with van der Waals surface area (Å²) in [5.41, 5.74) is 0.868. The van der Waals surface area contributed by atoms with Crippen molar-refractivity contribution in [2.45, 2.75) is 4.90 Å². The van der Waals surface area contributed by atoms with Crippen LogP contribution in [0.15, 0.2) is 53.4 Å². The highest BCUT2D eigenvalue weighted by atomic mass is 35.5. The van der Waals surface area contributed by atoms with Crippen LogP contribution in [0.1, 0.15) is 15.9 Å². The van der Waals surface area contributed by atoms with Crippen LogP contribution < -0.4 is 5.14 Å². The SMILES string of the molecule is NS(=O)(=O)c1ccc(/C=C/C(=O)c2c(Cl)cccc2Cl)cc1. The number of hydrogen-bond acceptors (Lipinski definition) is 3. The van der Waals surface area contributed by atoms with Gasteiger partial charge in [-0.25, -0.2) is 13.6 Å². The van der Waals surface area contributed by atoms with Gasteiger partial charge in [-0.1, -0.05) is 47.5 Å². The Morgan fingerprint density at radius 2 is 1.55 bits per heavy atom. The van der Waals surface area contributed by atoms with Gasteiger partial charge in [-0.2, -0.15) is 0 Å². The lowest BCUT2D eigenvalue weighted by molar-refractivity contribution is 0.104. The van der Waals surface area contributed by atoms with Crippen LogP contribution in [-0.4, -0.2) is 14.2 Å². The third-order valence-corrected chi connectivity index (χ3v) is 4.40. The predicted octanol–water partition coefficient (Wildman–Crippen LogP) is 3.54. The zero-order chi connectivity index (χ0) is 16.3. The molecular formula is C15H11Cl2NO3S. The fourth-order valence-corrected chi connectivity index (χ4v) is 2.86. The zero-order valence-corrected chi connectivity index (χ0v) is 13.5. The van der Waals surface area contributed by atoms with Crippen molar-refractivity contribution in [3.05, 3.63) is 69.7 Å². The molecule has 0 spiro atoms. The van der Waals surface area contributed by atoms with Crippen molar-refractivity contribution in [1.82, 2.24) is 0 Å². The quantitative estimate of drug-likeness (QED) is 0.672. The molecule has 0 amide bonds. The average Bonchev–Trinajstić information content (AvgIpc) is 2.44. The number of rotatable bonds is 4. The highest BCUT2D eigenvalue weighted by molar-refractivity contribution is 7.89. The smallest absolute Gasteiger partial charge is 0.238 e. The fourth-order valence-electron chi connectivity index (χ4n) is 1.76. The molecule has 0 bridgehead atoms. The Balaban J connectivity index is 2.23. The van der Waals surface area contributed by atoms with Crippen molar-refractivity contribution < 1.29 is 13.2 Å². The van der Waals surface area contributed by atoms with E-state index in [1.54, 1.807) is 18.2 Å². The van der Waals surface area contributed by atoms with Gasteiger partial charge in [0.15, 0.2) is 5.78 Å². The van der Waals surface area contributed by atoms with Gasteiger partial charge >= 0.3 is 0 Å². The molecule has 2 rings (SSSR count). The van der Waals surface area contributed by atoms with E-state index in [1.807, 2.05) is 0 Å². The molecule has 0 unspecified atom stereocenters. The van der Waals surface area contributed by atoms with E-state index in [2.05, 4.69) is 0 Å². The fraction of sp³-hybridized carbons (Fsp3) is 0. The highest BCUT2D eigenvalue weighted by Crippen LogP contribution is 2.25. The molecule has 0 heterocycles. The van der Waals surface area contributed by atoms with Crippen LogP contribution in [0.3, 0.4) is 0 Å². The van der Waals surface area contributed by atoms with Crippen molar-refractivity contribution in [3.63, 3.8) is 0 Å². The van der Waals surface area contributed by atoms with Gasteiger partial charge in [0.25, 0.3) is 0 Å². The molecule has 0 saturated carbocycles. The number of allylic oxidation sites excluding steroid dienone is 1. The van der Waals surface area contributed by atoms with E-state index in [9.17, 15) is 13.2 Å². The van der Waals surface area contributed by atoms with Crippen LogP contribution in [0, 0.1) is 0 Å². The molecular weight excluding hydrogens is 345 g/mol. The molecule has 2 aromatic carbocycles. The van der Waals surface area contributed by atoms with E-state index >= 15 is 0 Å². The maximum atomic E-state index is 12.1. The van der Waals surface area contributed by atoms with Crippen molar-refractivity contribution in [2.24, 2.45) is 5.14 Å². The first kappa shape index (κ1) is 16.7. The Bertz CT molecular complexity index is 823. The molecule has 22 heavy (non-hydrogen) atoms. The van der Waals surface area contributed by atoms with Crippen molar-refractivity contribution >= 4 is 45.1 Å². The van der Waals surface area contributed by atoms with Crippen LogP contribution in [0.25, 0.3) is 6.08 Å². The first-order valence-electron chi connectivity index (χ1n) is 6.08. The van der Waals surface area contributed by atoms with Gasteiger partial charge in [-0.05, 0) is 35.9 Å². The summed E-state index contributed by atoms with van der Waals surface area (Å²) in [6.07, 6.45) is 2.86. The number of benzene rings is 2. The summed E-state index contributed by atoms with van der Waals surface area (Å²) in [5.74, 6) is -0.342. The van der Waals surface area contributed by atoms with E-state index in [-0.39, 0.29) is 26.3 Å². The van der Waals surface area contributed by atoms with E-state index in [0.717, 1.165) is 0 Å². The number of ketones is 1. The van der Waals surface area contributed by atoms with Gasteiger partial charge in [0.1, 0.15) is 0 Å². The molecule has 0 aliphatic heterocycles. The van der Waals surface area contributed by atoms with E-state index in [1.165, 1.54) is 36.4 Å². The van der Waals surface area contributed by atoms with Gasteiger partial charge < -0.3 is 0 Å². The second-order valence-corrected chi connectivity index (χ2v) is 6.78. The van der Waals surface area contributed by atoms with Gasteiger partial charge in [-0.15, -0.1) is 0 Å². The Hall–Kier alpha value is -1.66. The normalized spacial score (nSPS) is 11.8.